The van der Waals surface area contributed by atoms with Gasteiger partial charge in [-0.25, -0.2) is 4.79 Å². The van der Waals surface area contributed by atoms with Gasteiger partial charge in [-0.1, -0.05) is 0 Å². The SMILES string of the molecule is O=C(O)C1CSC2CC(=O)N21.[Na]. The number of thioether (sulfide) groups is 1. The van der Waals surface area contributed by atoms with Gasteiger partial charge in [0.05, 0.1) is 11.8 Å². The van der Waals surface area contributed by atoms with Crippen molar-refractivity contribution < 1.29 is 14.7 Å². The summed E-state index contributed by atoms with van der Waals surface area (Å²) in [6.45, 7) is 0. The van der Waals surface area contributed by atoms with Gasteiger partial charge >= 0.3 is 5.97 Å². The van der Waals surface area contributed by atoms with Gasteiger partial charge in [0.15, 0.2) is 0 Å². The predicted octanol–water partition coefficient (Wildman–Crippen LogP) is -0.636. The Kier molecular flexibility index (Phi) is 3.09. The number of rotatable bonds is 1. The summed E-state index contributed by atoms with van der Waals surface area (Å²) in [6, 6.07) is -0.564. The van der Waals surface area contributed by atoms with Gasteiger partial charge in [-0.3, -0.25) is 4.79 Å². The second-order valence-electron chi connectivity index (χ2n) is 2.65. The molecular formula is C6H7NNaO3S. The van der Waals surface area contributed by atoms with E-state index in [9.17, 15) is 9.59 Å². The number of β-lactam (4-membered cyclic amide) rings is 1. The molecule has 6 heteroatoms. The number of carboxylic acid groups (broad SMARTS) is 1. The number of hydrogen-bond donors (Lipinski definition) is 1. The number of hydrogen-bond acceptors (Lipinski definition) is 3. The fraction of sp³-hybridized carbons (Fsp3) is 0.667. The normalized spacial score (nSPS) is 32.0. The van der Waals surface area contributed by atoms with Gasteiger partial charge < -0.3 is 10.0 Å². The van der Waals surface area contributed by atoms with Gasteiger partial charge in [0.2, 0.25) is 5.91 Å². The van der Waals surface area contributed by atoms with E-state index in [1.165, 1.54) is 4.90 Å². The van der Waals surface area contributed by atoms with Crippen LogP contribution in [0, 0.1) is 0 Å². The van der Waals surface area contributed by atoms with Gasteiger partial charge in [0.25, 0.3) is 0 Å². The maximum Gasteiger partial charge on any atom is 0.327 e. The van der Waals surface area contributed by atoms with E-state index >= 15 is 0 Å². The Labute approximate surface area is 96.0 Å². The minimum atomic E-state index is -0.881. The molecule has 0 aromatic rings. The largest absolute Gasteiger partial charge is 0.480 e. The van der Waals surface area contributed by atoms with E-state index < -0.39 is 12.0 Å². The number of carbonyl (C=O) groups is 2. The number of nitrogens with zero attached hydrogens (tertiary/aromatic N) is 1. The van der Waals surface area contributed by atoms with E-state index in [-0.39, 0.29) is 40.8 Å². The Bertz CT molecular complexity index is 227. The van der Waals surface area contributed by atoms with E-state index in [0.29, 0.717) is 12.2 Å². The Morgan fingerprint density at radius 2 is 2.33 bits per heavy atom. The van der Waals surface area contributed by atoms with E-state index in [2.05, 4.69) is 0 Å². The summed E-state index contributed by atoms with van der Waals surface area (Å²) in [5.41, 5.74) is 0. The van der Waals surface area contributed by atoms with Gasteiger partial charge in [-0.15, -0.1) is 11.8 Å². The molecule has 12 heavy (non-hydrogen) atoms. The molecule has 4 nitrogen and oxygen atoms in total. The molecule has 1 N–H and O–H groups in total. The molecule has 0 saturated carbocycles. The van der Waals surface area contributed by atoms with Crippen LogP contribution in [0.5, 0.6) is 0 Å². The molecule has 0 aromatic heterocycles. The van der Waals surface area contributed by atoms with Crippen LogP contribution in [-0.2, 0) is 9.59 Å². The first-order valence-electron chi connectivity index (χ1n) is 3.35. The zero-order chi connectivity index (χ0) is 8.01. The third-order valence-electron chi connectivity index (χ3n) is 2.01. The molecule has 1 radical (unpaired) electrons. The van der Waals surface area contributed by atoms with Crippen LogP contribution >= 0.6 is 11.8 Å². The molecule has 1 amide bonds. The Morgan fingerprint density at radius 3 is 2.75 bits per heavy atom. The monoisotopic (exact) mass is 196 g/mol. The van der Waals surface area contributed by atoms with Crippen LogP contribution in [-0.4, -0.2) is 68.6 Å². The molecule has 0 bridgehead atoms. The molecule has 2 rings (SSSR count). The second kappa shape index (κ2) is 3.57. The fourth-order valence-electron chi connectivity index (χ4n) is 1.39. The van der Waals surface area contributed by atoms with E-state index in [1.54, 1.807) is 11.8 Å². The molecule has 2 heterocycles. The molecule has 2 fully saturated rings. The minimum absolute atomic E-state index is 0. The molecule has 0 spiro atoms. The number of fused-ring (bicyclic) bond motifs is 1. The van der Waals surface area contributed by atoms with Crippen LogP contribution in [0.4, 0.5) is 0 Å². The van der Waals surface area contributed by atoms with Gasteiger partial charge in [0.1, 0.15) is 6.04 Å². The average molecular weight is 196 g/mol. The number of carbonyl (C=O) groups excluding carboxylic acids is 1. The molecular weight excluding hydrogens is 189 g/mol. The van der Waals surface area contributed by atoms with Crippen LogP contribution < -0.4 is 0 Å². The maximum absolute atomic E-state index is 10.9. The maximum atomic E-state index is 10.9. The standard InChI is InChI=1S/C6H7NO3S.Na/c8-4-1-5-7(4)3(2-11-5)6(9)10;/h3,5H,1-2H2,(H,9,10);. The molecule has 2 saturated heterocycles. The molecule has 0 aromatic carbocycles. The van der Waals surface area contributed by atoms with Crippen LogP contribution in [0.25, 0.3) is 0 Å². The van der Waals surface area contributed by atoms with Crippen molar-refractivity contribution in [3.8, 4) is 0 Å². The first kappa shape index (κ1) is 10.4. The first-order valence-corrected chi connectivity index (χ1v) is 4.40. The van der Waals surface area contributed by atoms with Crippen LogP contribution in [0.15, 0.2) is 0 Å². The number of amides is 1. The molecule has 61 valence electrons. The quantitative estimate of drug-likeness (QED) is 0.448. The summed E-state index contributed by atoms with van der Waals surface area (Å²) >= 11 is 1.56. The van der Waals surface area contributed by atoms with Crippen molar-refractivity contribution in [3.63, 3.8) is 0 Å². The summed E-state index contributed by atoms with van der Waals surface area (Å²) in [5.74, 6) is -0.355. The van der Waals surface area contributed by atoms with Crippen molar-refractivity contribution in [3.05, 3.63) is 0 Å². The topological polar surface area (TPSA) is 57.6 Å². The third-order valence-corrected chi connectivity index (χ3v) is 3.30. The fourth-order valence-corrected chi connectivity index (χ4v) is 2.78. The summed E-state index contributed by atoms with van der Waals surface area (Å²) in [5, 5.41) is 8.80. The Morgan fingerprint density at radius 1 is 1.67 bits per heavy atom. The second-order valence-corrected chi connectivity index (χ2v) is 3.86. The smallest absolute Gasteiger partial charge is 0.327 e. The Balaban J connectivity index is 0.000000720. The number of carboxylic acids is 1. The first-order chi connectivity index (χ1) is 5.20. The van der Waals surface area contributed by atoms with Crippen molar-refractivity contribution >= 4 is 53.2 Å². The minimum Gasteiger partial charge on any atom is -0.480 e. The third kappa shape index (κ3) is 1.39. The predicted molar refractivity (Wildman–Crippen MR) is 44.9 cm³/mol. The zero-order valence-corrected chi connectivity index (χ0v) is 9.50. The van der Waals surface area contributed by atoms with Crippen LogP contribution in [0.1, 0.15) is 6.42 Å². The average Bonchev–Trinajstić information content (AvgIpc) is 2.25. The summed E-state index contributed by atoms with van der Waals surface area (Å²) in [7, 11) is 0. The summed E-state index contributed by atoms with van der Waals surface area (Å²) < 4.78 is 0. The summed E-state index contributed by atoms with van der Waals surface area (Å²) in [6.07, 6.45) is 0.522. The van der Waals surface area contributed by atoms with Crippen molar-refractivity contribution in [2.24, 2.45) is 0 Å². The summed E-state index contributed by atoms with van der Waals surface area (Å²) in [4.78, 5) is 22.9. The van der Waals surface area contributed by atoms with Crippen LogP contribution in [0.3, 0.4) is 0 Å². The van der Waals surface area contributed by atoms with Crippen molar-refractivity contribution in [1.82, 2.24) is 4.90 Å². The Hall–Kier alpha value is 0.290. The van der Waals surface area contributed by atoms with E-state index in [1.807, 2.05) is 0 Å². The molecule has 2 aliphatic heterocycles. The van der Waals surface area contributed by atoms with E-state index in [0.717, 1.165) is 0 Å². The van der Waals surface area contributed by atoms with Gasteiger partial charge in [-0.05, 0) is 0 Å². The molecule has 2 aliphatic rings. The zero-order valence-electron chi connectivity index (χ0n) is 6.69. The van der Waals surface area contributed by atoms with Gasteiger partial charge in [-0.2, -0.15) is 0 Å². The number of aliphatic carboxylic acids is 1. The van der Waals surface area contributed by atoms with Gasteiger partial charge in [0, 0.05) is 35.3 Å². The molecule has 0 aliphatic carbocycles. The van der Waals surface area contributed by atoms with Crippen molar-refractivity contribution in [1.29, 1.82) is 0 Å². The molecule has 2 unspecified atom stereocenters. The van der Waals surface area contributed by atoms with Crippen LogP contribution in [0.2, 0.25) is 0 Å². The van der Waals surface area contributed by atoms with E-state index in [4.69, 9.17) is 5.11 Å². The van der Waals surface area contributed by atoms with Crippen molar-refractivity contribution in [2.45, 2.75) is 17.8 Å². The van der Waals surface area contributed by atoms with Crippen molar-refractivity contribution in [2.75, 3.05) is 5.75 Å². The molecule has 2 atom stereocenters.